The first-order valence-corrected chi connectivity index (χ1v) is 10.5. The summed E-state index contributed by atoms with van der Waals surface area (Å²) < 4.78 is 43.9. The molecule has 0 amide bonds. The number of carbonyl (C=O) groups is 1. The van der Waals surface area contributed by atoms with E-state index in [0.29, 0.717) is 35.6 Å². The lowest BCUT2D eigenvalue weighted by molar-refractivity contribution is -0.147. The zero-order valence-corrected chi connectivity index (χ0v) is 18.2. The zero-order chi connectivity index (χ0) is 24.0. The van der Waals surface area contributed by atoms with Gasteiger partial charge in [0.2, 0.25) is 5.89 Å². The van der Waals surface area contributed by atoms with Gasteiger partial charge in [-0.05, 0) is 49.9 Å². The van der Waals surface area contributed by atoms with E-state index in [0.717, 1.165) is 29.3 Å². The first-order valence-electron chi connectivity index (χ1n) is 10.5. The molecule has 2 aromatic heterocycles. The van der Waals surface area contributed by atoms with Crippen LogP contribution in [0, 0.1) is 31.4 Å². The molecule has 0 unspecified atom stereocenters. The molecule has 0 bridgehead atoms. The number of nitrogens with zero attached hydrogens (tertiary/aromatic N) is 3. The van der Waals surface area contributed by atoms with Crippen LogP contribution in [0.2, 0.25) is 0 Å². The van der Waals surface area contributed by atoms with E-state index >= 15 is 0 Å². The number of carboxylic acid groups (broad SMARTS) is 1. The van der Waals surface area contributed by atoms with E-state index in [1.807, 2.05) is 26.0 Å². The molecule has 1 N–H and O–H groups in total. The van der Waals surface area contributed by atoms with E-state index in [4.69, 9.17) is 19.0 Å². The monoisotopic (exact) mass is 467 g/mol. The molecule has 1 aliphatic rings. The molecule has 174 valence electrons. The Morgan fingerprint density at radius 1 is 1.06 bits per heavy atom. The van der Waals surface area contributed by atoms with Gasteiger partial charge in [0.05, 0.1) is 12.1 Å². The fourth-order valence-electron chi connectivity index (χ4n) is 3.88. The van der Waals surface area contributed by atoms with Crippen LogP contribution >= 0.6 is 0 Å². The van der Waals surface area contributed by atoms with Crippen molar-refractivity contribution in [1.82, 2.24) is 15.0 Å². The number of halogens is 2. The molecule has 0 spiro atoms. The number of benzene rings is 2. The van der Waals surface area contributed by atoms with Gasteiger partial charge in [0, 0.05) is 23.8 Å². The molecule has 2 heterocycles. The molecule has 0 saturated heterocycles. The van der Waals surface area contributed by atoms with Crippen LogP contribution in [0.15, 0.2) is 40.9 Å². The second kappa shape index (κ2) is 8.36. The predicted molar refractivity (Wildman–Crippen MR) is 116 cm³/mol. The van der Waals surface area contributed by atoms with E-state index in [2.05, 4.69) is 15.0 Å². The predicted octanol–water partition coefficient (Wildman–Crippen LogP) is 5.21. The smallest absolute Gasteiger partial charge is 0.325 e. The summed E-state index contributed by atoms with van der Waals surface area (Å²) >= 11 is 0. The Hall–Kier alpha value is -4.08. The second-order valence-electron chi connectivity index (χ2n) is 8.25. The highest BCUT2D eigenvalue weighted by molar-refractivity contribution is 5.73. The van der Waals surface area contributed by atoms with Gasteiger partial charge in [0.15, 0.2) is 0 Å². The van der Waals surface area contributed by atoms with E-state index in [-0.39, 0.29) is 29.5 Å². The Morgan fingerprint density at radius 3 is 2.38 bits per heavy atom. The summed E-state index contributed by atoms with van der Waals surface area (Å²) in [5.41, 5.74) is 2.96. The van der Waals surface area contributed by atoms with Crippen molar-refractivity contribution in [3.05, 3.63) is 59.3 Å². The lowest BCUT2D eigenvalue weighted by Gasteiger charge is -2.33. The summed E-state index contributed by atoms with van der Waals surface area (Å²) in [6.07, 6.45) is 2.26. The highest BCUT2D eigenvalue weighted by Crippen LogP contribution is 2.36. The molecule has 34 heavy (non-hydrogen) atoms. The van der Waals surface area contributed by atoms with Crippen molar-refractivity contribution in [3.63, 3.8) is 0 Å². The summed E-state index contributed by atoms with van der Waals surface area (Å²) in [4.78, 5) is 23.6. The number of carboxylic acids is 1. The van der Waals surface area contributed by atoms with Crippen molar-refractivity contribution in [1.29, 1.82) is 0 Å². The summed E-state index contributed by atoms with van der Waals surface area (Å²) in [7, 11) is 0. The maximum atomic E-state index is 13.4. The minimum absolute atomic E-state index is 0.0837. The molecular weight excluding hydrogens is 448 g/mol. The molecular formula is C24H19F2N3O5. The molecule has 0 aliphatic heterocycles. The normalized spacial score (nSPS) is 17.4. The average Bonchev–Trinajstić information content (AvgIpc) is 3.14. The lowest BCUT2D eigenvalue weighted by Crippen LogP contribution is -2.38. The minimum atomic E-state index is -0.792. The van der Waals surface area contributed by atoms with E-state index in [9.17, 15) is 13.6 Å². The molecule has 1 aliphatic carbocycles. The quantitative estimate of drug-likeness (QED) is 0.412. The fraction of sp³-hybridized carbons (Fsp3) is 0.250. The number of aliphatic carboxylic acids is 1. The Kier molecular flexibility index (Phi) is 5.35. The first kappa shape index (κ1) is 21.7. The van der Waals surface area contributed by atoms with Gasteiger partial charge >= 0.3 is 12.0 Å². The fourth-order valence-corrected chi connectivity index (χ4v) is 3.88. The van der Waals surface area contributed by atoms with Crippen LogP contribution in [0.1, 0.15) is 24.0 Å². The number of hydrogen-bond acceptors (Lipinski definition) is 7. The van der Waals surface area contributed by atoms with Crippen LogP contribution in [0.4, 0.5) is 8.78 Å². The third-order valence-corrected chi connectivity index (χ3v) is 5.61. The highest BCUT2D eigenvalue weighted by Gasteiger charge is 2.36. The van der Waals surface area contributed by atoms with Crippen molar-refractivity contribution in [3.8, 4) is 29.0 Å². The van der Waals surface area contributed by atoms with Gasteiger partial charge in [0.1, 0.15) is 34.8 Å². The summed E-state index contributed by atoms with van der Waals surface area (Å²) in [5, 5.41) is 9.04. The third kappa shape index (κ3) is 4.26. The van der Waals surface area contributed by atoms with Gasteiger partial charge in [-0.1, -0.05) is 0 Å². The Morgan fingerprint density at radius 2 is 1.74 bits per heavy atom. The molecule has 5 rings (SSSR count). The van der Waals surface area contributed by atoms with Crippen LogP contribution in [0.3, 0.4) is 0 Å². The molecule has 10 heteroatoms. The van der Waals surface area contributed by atoms with Crippen molar-refractivity contribution >= 4 is 17.2 Å². The molecule has 4 aromatic rings. The molecule has 8 nitrogen and oxygen atoms in total. The number of rotatable bonds is 6. The maximum absolute atomic E-state index is 13.4. The van der Waals surface area contributed by atoms with Crippen molar-refractivity contribution in [2.75, 3.05) is 0 Å². The van der Waals surface area contributed by atoms with Crippen LogP contribution in [0.5, 0.6) is 17.5 Å². The maximum Gasteiger partial charge on any atom is 0.325 e. The van der Waals surface area contributed by atoms with Crippen LogP contribution in [-0.4, -0.2) is 32.1 Å². The van der Waals surface area contributed by atoms with E-state index in [1.54, 1.807) is 0 Å². The number of oxazole rings is 1. The Labute approximate surface area is 192 Å². The third-order valence-electron chi connectivity index (χ3n) is 5.61. The standard InChI is InChI=1S/C24H19F2N3O5/c1-11-3-13(4-12(2)20(11)32-17-5-14(6-17)23(30)31)21-28-19-10-27-24(29-22(19)34-21)33-18-8-15(25)7-16(26)9-18/h3-4,7-10,14,17H,5-6H2,1-2H3,(H,30,31). The molecule has 2 aromatic carbocycles. The number of ether oxygens (including phenoxy) is 2. The van der Waals surface area contributed by atoms with Crippen molar-refractivity contribution in [2.45, 2.75) is 32.8 Å². The number of hydrogen-bond donors (Lipinski definition) is 1. The Balaban J connectivity index is 1.37. The van der Waals surface area contributed by atoms with Gasteiger partial charge in [-0.15, -0.1) is 0 Å². The number of aromatic nitrogens is 3. The van der Waals surface area contributed by atoms with Gasteiger partial charge in [-0.25, -0.2) is 18.7 Å². The largest absolute Gasteiger partial charge is 0.490 e. The lowest BCUT2D eigenvalue weighted by atomic mass is 9.82. The topological polar surface area (TPSA) is 108 Å². The van der Waals surface area contributed by atoms with Gasteiger partial charge in [0.25, 0.3) is 5.71 Å². The summed E-state index contributed by atoms with van der Waals surface area (Å²) in [6.45, 7) is 3.79. The number of fused-ring (bicyclic) bond motifs is 1. The van der Waals surface area contributed by atoms with Crippen LogP contribution < -0.4 is 9.47 Å². The van der Waals surface area contributed by atoms with E-state index in [1.165, 1.54) is 6.20 Å². The van der Waals surface area contributed by atoms with Gasteiger partial charge in [-0.2, -0.15) is 4.98 Å². The summed E-state index contributed by atoms with van der Waals surface area (Å²) in [6, 6.07) is 6.35. The van der Waals surface area contributed by atoms with Crippen LogP contribution in [-0.2, 0) is 4.79 Å². The average molecular weight is 467 g/mol. The second-order valence-corrected chi connectivity index (χ2v) is 8.25. The van der Waals surface area contributed by atoms with Crippen LogP contribution in [0.25, 0.3) is 22.7 Å². The summed E-state index contributed by atoms with van der Waals surface area (Å²) in [5.74, 6) is -1.76. The molecule has 1 saturated carbocycles. The highest BCUT2D eigenvalue weighted by atomic mass is 19.1. The molecule has 0 atom stereocenters. The Bertz CT molecular complexity index is 1370. The number of aryl methyl sites for hydroxylation is 2. The molecule has 1 fully saturated rings. The van der Waals surface area contributed by atoms with Gasteiger partial charge in [-0.3, -0.25) is 4.79 Å². The van der Waals surface area contributed by atoms with Crippen molar-refractivity contribution < 1.29 is 32.6 Å². The van der Waals surface area contributed by atoms with Gasteiger partial charge < -0.3 is 19.0 Å². The first-order chi connectivity index (χ1) is 16.2. The SMILES string of the molecule is Cc1cc(-c2nc3cnc(Oc4cc(F)cc(F)c4)nc3o2)cc(C)c1OC1CC(C(=O)O)C1. The van der Waals surface area contributed by atoms with E-state index < -0.39 is 17.6 Å². The minimum Gasteiger partial charge on any atom is -0.490 e. The zero-order valence-electron chi connectivity index (χ0n) is 18.2. The molecule has 0 radical (unpaired) electrons. The van der Waals surface area contributed by atoms with Crippen molar-refractivity contribution in [2.24, 2.45) is 5.92 Å².